The molecule has 336 valence electrons. The fourth-order valence-corrected chi connectivity index (χ4v) is 9.13. The highest BCUT2D eigenvalue weighted by Crippen LogP contribution is 2.36. The highest BCUT2D eigenvalue weighted by atomic mass is 19.1. The van der Waals surface area contributed by atoms with Gasteiger partial charge in [0.2, 0.25) is 11.2 Å². The molecule has 1 saturated heterocycles. The number of hydrogen-bond acceptors (Lipinski definition) is 9. The molecule has 5 aromatic carbocycles. The smallest absolute Gasteiger partial charge is 0.347 e. The summed E-state index contributed by atoms with van der Waals surface area (Å²) in [5.41, 5.74) is 2.56. The van der Waals surface area contributed by atoms with Crippen LogP contribution in [0, 0.1) is 11.7 Å². The van der Waals surface area contributed by atoms with Crippen molar-refractivity contribution in [3.05, 3.63) is 183 Å². The molecule has 0 unspecified atom stereocenters. The lowest BCUT2D eigenvalue weighted by Gasteiger charge is -2.33. The number of amides is 1. The van der Waals surface area contributed by atoms with Crippen molar-refractivity contribution in [2.75, 3.05) is 39.9 Å². The Bertz CT molecular complexity index is 2730. The predicted molar refractivity (Wildman–Crippen MR) is 247 cm³/mol. The van der Waals surface area contributed by atoms with Crippen LogP contribution < -0.4 is 10.3 Å². The van der Waals surface area contributed by atoms with Crippen molar-refractivity contribution in [3.63, 3.8) is 0 Å². The molecule has 0 aliphatic carbocycles. The maximum atomic E-state index is 16.0. The number of pyridine rings is 1. The van der Waals surface area contributed by atoms with E-state index in [0.717, 1.165) is 43.6 Å². The van der Waals surface area contributed by atoms with Crippen LogP contribution in [0.3, 0.4) is 0 Å². The summed E-state index contributed by atoms with van der Waals surface area (Å²) in [5, 5.41) is 34.1. The zero-order valence-electron chi connectivity index (χ0n) is 36.4. The first-order valence-corrected chi connectivity index (χ1v) is 22.2. The lowest BCUT2D eigenvalue weighted by Crippen LogP contribution is -2.40. The number of piperidine rings is 1. The molecular weight excluding hydrogens is 826 g/mol. The van der Waals surface area contributed by atoms with E-state index in [1.54, 1.807) is 65.6 Å². The number of phenols is 1. The molecule has 1 aromatic heterocycles. The number of phenolic OH excluding ortho intramolecular Hbond substituents is 1. The monoisotopic (exact) mass is 879 g/mol. The number of nitrogens with one attached hydrogen (secondary N) is 1. The summed E-state index contributed by atoms with van der Waals surface area (Å²) in [5.74, 6) is -1.91. The number of H-pyrrole nitrogens is 1. The molecule has 1 amide bonds. The van der Waals surface area contributed by atoms with Crippen LogP contribution in [-0.4, -0.2) is 81.9 Å². The molecule has 2 atom stereocenters. The van der Waals surface area contributed by atoms with Crippen molar-refractivity contribution in [1.82, 2.24) is 14.8 Å². The molecule has 0 saturated carbocycles. The van der Waals surface area contributed by atoms with E-state index in [2.05, 4.69) is 22.0 Å². The molecule has 65 heavy (non-hydrogen) atoms. The summed E-state index contributed by atoms with van der Waals surface area (Å²) >= 11 is 0. The molecule has 11 nitrogen and oxygen atoms in total. The lowest BCUT2D eigenvalue weighted by molar-refractivity contribution is -0.164. The summed E-state index contributed by atoms with van der Waals surface area (Å²) in [6, 6.07) is 35.5. The maximum absolute atomic E-state index is 16.0. The van der Waals surface area contributed by atoms with Crippen LogP contribution in [0.2, 0.25) is 0 Å². The third-order valence-corrected chi connectivity index (χ3v) is 12.8. The predicted octanol–water partition coefficient (Wildman–Crippen LogP) is 8.06. The highest BCUT2D eigenvalue weighted by molar-refractivity contribution is 5.96. The van der Waals surface area contributed by atoms with Crippen LogP contribution in [0.5, 0.6) is 11.5 Å². The Morgan fingerprint density at radius 3 is 2.35 bits per heavy atom. The molecule has 12 heteroatoms. The number of aromatic hydroxyl groups is 1. The molecule has 2 aliphatic rings. The number of aryl methyl sites for hydroxylation is 1. The Labute approximate surface area is 377 Å². The normalized spacial score (nSPS) is 16.1. The Balaban J connectivity index is 0.904. The third kappa shape index (κ3) is 9.90. The zero-order chi connectivity index (χ0) is 45.5. The molecule has 1 fully saturated rings. The topological polar surface area (TPSA) is 153 Å². The molecule has 0 radical (unpaired) electrons. The number of methoxy groups -OCH3 is 1. The van der Waals surface area contributed by atoms with Crippen molar-refractivity contribution in [2.45, 2.75) is 56.8 Å². The first kappa shape index (κ1) is 45.0. The van der Waals surface area contributed by atoms with Crippen LogP contribution in [-0.2, 0) is 28.1 Å². The number of aliphatic hydroxyl groups excluding tert-OH is 1. The number of aromatic amines is 1. The molecule has 0 spiro atoms. The SMILES string of the molecule is COc1c(CCC[C@H](O)c2ccc(O)c3[nH]c(=O)ccc23)ccc(C(=O)N2CC=C(c3cccc([C@](O)(C(=O)OCC4CCN(Cc5ccccc5)CC4)c4ccccc4)c3)CC2)c1F. The Hall–Kier alpha value is -6.60. The summed E-state index contributed by atoms with van der Waals surface area (Å²) in [7, 11) is 1.36. The van der Waals surface area contributed by atoms with E-state index >= 15 is 4.39 Å². The zero-order valence-corrected chi connectivity index (χ0v) is 36.4. The Morgan fingerprint density at radius 1 is 0.892 bits per heavy atom. The summed E-state index contributed by atoms with van der Waals surface area (Å²) in [6.07, 6.45) is 4.35. The van der Waals surface area contributed by atoms with Gasteiger partial charge in [-0.15, -0.1) is 0 Å². The van der Waals surface area contributed by atoms with Gasteiger partial charge in [0.15, 0.2) is 11.6 Å². The second-order valence-electron chi connectivity index (χ2n) is 17.0. The van der Waals surface area contributed by atoms with Gasteiger partial charge in [0.25, 0.3) is 5.91 Å². The number of fused-ring (bicyclic) bond motifs is 1. The van der Waals surface area contributed by atoms with E-state index < -0.39 is 29.4 Å². The molecular formula is C53H54FN3O8. The van der Waals surface area contributed by atoms with Gasteiger partial charge in [-0.1, -0.05) is 97.1 Å². The Morgan fingerprint density at radius 2 is 1.63 bits per heavy atom. The van der Waals surface area contributed by atoms with Gasteiger partial charge in [-0.05, 0) is 115 Å². The summed E-state index contributed by atoms with van der Waals surface area (Å²) < 4.78 is 27.4. The van der Waals surface area contributed by atoms with E-state index in [0.29, 0.717) is 59.9 Å². The number of aromatic nitrogens is 1. The quantitative estimate of drug-likeness (QED) is 0.0751. The van der Waals surface area contributed by atoms with Crippen molar-refractivity contribution >= 4 is 28.4 Å². The van der Waals surface area contributed by atoms with Crippen LogP contribution in [0.1, 0.15) is 81.9 Å². The number of hydrogen-bond donors (Lipinski definition) is 4. The molecule has 8 rings (SSSR count). The first-order chi connectivity index (χ1) is 31.5. The van der Waals surface area contributed by atoms with E-state index in [1.165, 1.54) is 30.9 Å². The molecule has 6 aromatic rings. The van der Waals surface area contributed by atoms with Gasteiger partial charge in [0.1, 0.15) is 5.75 Å². The van der Waals surface area contributed by atoms with Gasteiger partial charge in [-0.2, -0.15) is 0 Å². The summed E-state index contributed by atoms with van der Waals surface area (Å²) in [6.45, 7) is 3.43. The maximum Gasteiger partial charge on any atom is 0.347 e. The summed E-state index contributed by atoms with van der Waals surface area (Å²) in [4.78, 5) is 46.2. The van der Waals surface area contributed by atoms with Gasteiger partial charge in [0.05, 0.1) is 30.9 Å². The van der Waals surface area contributed by atoms with E-state index in [-0.39, 0.29) is 47.2 Å². The number of aliphatic hydroxyl groups is 2. The highest BCUT2D eigenvalue weighted by Gasteiger charge is 2.42. The van der Waals surface area contributed by atoms with Gasteiger partial charge in [-0.25, -0.2) is 9.18 Å². The third-order valence-electron chi connectivity index (χ3n) is 12.8. The van der Waals surface area contributed by atoms with Crippen molar-refractivity contribution in [3.8, 4) is 11.5 Å². The number of nitrogens with zero attached hydrogens (tertiary/aromatic N) is 2. The molecule has 2 aliphatic heterocycles. The number of esters is 1. The molecule has 4 N–H and O–H groups in total. The number of likely N-dealkylation sites (tertiary alicyclic amines) is 1. The van der Waals surface area contributed by atoms with Gasteiger partial charge in [0, 0.05) is 36.7 Å². The molecule has 3 heterocycles. The van der Waals surface area contributed by atoms with Crippen molar-refractivity contribution in [1.29, 1.82) is 0 Å². The standard InChI is InChI=1S/C53H54FN3O8/c1-64-50-38(12-9-17-45(58)42-20-22-46(59)49-43(42)21-23-47(60)55-49)18-19-44(48(50)54)51(61)57-30-26-37(27-31-57)39-13-8-16-41(32-39)53(63,40-14-6-3-7-15-40)52(62)65-34-36-24-28-56(29-25-36)33-35-10-4-2-5-11-35/h2-8,10-11,13-16,18-23,26,32,36,45,58-59,63H,9,12,17,24-25,27-31,33-34H2,1H3,(H,55,60)/t45-,53-/m0/s1. The van der Waals surface area contributed by atoms with Crippen LogP contribution in [0.15, 0.2) is 132 Å². The van der Waals surface area contributed by atoms with Crippen molar-refractivity contribution in [2.24, 2.45) is 5.92 Å². The fraction of sp³-hybridized carbons (Fsp3) is 0.302. The minimum absolute atomic E-state index is 0.0308. The number of ether oxygens (including phenoxy) is 2. The molecule has 0 bridgehead atoms. The van der Waals surface area contributed by atoms with Crippen molar-refractivity contribution < 1.29 is 38.8 Å². The van der Waals surface area contributed by atoms with E-state index in [4.69, 9.17) is 9.47 Å². The number of halogens is 1. The Kier molecular flexibility index (Phi) is 13.9. The fourth-order valence-electron chi connectivity index (χ4n) is 9.13. The van der Waals surface area contributed by atoms with Gasteiger partial charge < -0.3 is 34.7 Å². The number of benzene rings is 5. The number of rotatable bonds is 15. The lowest BCUT2D eigenvalue weighted by atomic mass is 9.84. The average Bonchev–Trinajstić information content (AvgIpc) is 3.34. The van der Waals surface area contributed by atoms with Gasteiger partial charge >= 0.3 is 5.97 Å². The van der Waals surface area contributed by atoms with Crippen LogP contribution >= 0.6 is 0 Å². The van der Waals surface area contributed by atoms with E-state index in [1.807, 2.05) is 36.4 Å². The first-order valence-electron chi connectivity index (χ1n) is 22.2. The second kappa shape index (κ2) is 20.1. The number of carbonyl (C=O) groups is 2. The minimum atomic E-state index is -2.06. The average molecular weight is 880 g/mol. The minimum Gasteiger partial charge on any atom is -0.506 e. The van der Waals surface area contributed by atoms with Crippen LogP contribution in [0.4, 0.5) is 4.39 Å². The largest absolute Gasteiger partial charge is 0.506 e. The second-order valence-corrected chi connectivity index (χ2v) is 17.0. The number of carbonyl (C=O) groups excluding carboxylic acids is 2. The van der Waals surface area contributed by atoms with Crippen LogP contribution in [0.25, 0.3) is 16.5 Å². The van der Waals surface area contributed by atoms with Gasteiger partial charge in [-0.3, -0.25) is 14.5 Å². The van der Waals surface area contributed by atoms with E-state index in [9.17, 15) is 29.7 Å².